The zero-order chi connectivity index (χ0) is 18.1. The second kappa shape index (κ2) is 6.77. The summed E-state index contributed by atoms with van der Waals surface area (Å²) < 4.78 is 1.71. The Hall–Kier alpha value is -2.92. The van der Waals surface area contributed by atoms with Crippen LogP contribution in [0, 0.1) is 6.92 Å². The third-order valence-electron chi connectivity index (χ3n) is 4.87. The maximum Gasteiger partial charge on any atom is 0.258 e. The molecule has 1 atom stereocenters. The fourth-order valence-corrected chi connectivity index (χ4v) is 3.34. The van der Waals surface area contributed by atoms with Crippen molar-refractivity contribution in [1.82, 2.24) is 9.78 Å². The van der Waals surface area contributed by atoms with Gasteiger partial charge in [-0.05, 0) is 61.6 Å². The number of aryl methyl sites for hydroxylation is 2. The molecule has 0 radical (unpaired) electrons. The molecule has 0 spiro atoms. The van der Waals surface area contributed by atoms with Crippen LogP contribution in [-0.2, 0) is 12.8 Å². The lowest BCUT2D eigenvalue weighted by atomic mass is 9.88. The highest BCUT2D eigenvalue weighted by Crippen LogP contribution is 2.24. The monoisotopic (exact) mass is 346 g/mol. The van der Waals surface area contributed by atoms with Crippen LogP contribution < -0.4 is 11.1 Å². The lowest BCUT2D eigenvalue weighted by Crippen LogP contribution is -2.27. The number of fused-ring (bicyclic) bond motifs is 1. The lowest BCUT2D eigenvalue weighted by Gasteiger charge is -2.22. The molecule has 5 nitrogen and oxygen atoms in total. The van der Waals surface area contributed by atoms with Crippen molar-refractivity contribution in [3.63, 3.8) is 0 Å². The van der Waals surface area contributed by atoms with E-state index in [-0.39, 0.29) is 11.9 Å². The fourth-order valence-electron chi connectivity index (χ4n) is 3.34. The van der Waals surface area contributed by atoms with E-state index in [1.165, 1.54) is 16.7 Å². The lowest BCUT2D eigenvalue weighted by molar-refractivity contribution is 0.102. The molecule has 3 N–H and O–H groups in total. The van der Waals surface area contributed by atoms with Gasteiger partial charge in [-0.2, -0.15) is 5.10 Å². The molecule has 4 rings (SSSR count). The highest BCUT2D eigenvalue weighted by atomic mass is 16.1. The second-order valence-corrected chi connectivity index (χ2v) is 6.95. The van der Waals surface area contributed by atoms with Crippen LogP contribution >= 0.6 is 0 Å². The molecule has 5 heteroatoms. The Bertz CT molecular complexity index is 943. The molecule has 1 unspecified atom stereocenters. The van der Waals surface area contributed by atoms with E-state index in [0.29, 0.717) is 5.56 Å². The third kappa shape index (κ3) is 3.39. The van der Waals surface area contributed by atoms with Gasteiger partial charge in [0.05, 0.1) is 17.4 Å². The highest BCUT2D eigenvalue weighted by Gasteiger charge is 2.16. The maximum atomic E-state index is 12.5. The molecule has 1 aliphatic carbocycles. The maximum absolute atomic E-state index is 12.5. The summed E-state index contributed by atoms with van der Waals surface area (Å²) >= 11 is 0. The van der Waals surface area contributed by atoms with Crippen LogP contribution in [0.5, 0.6) is 0 Å². The van der Waals surface area contributed by atoms with E-state index in [1.54, 1.807) is 17.1 Å². The quantitative estimate of drug-likeness (QED) is 0.764. The van der Waals surface area contributed by atoms with Crippen LogP contribution in [0.2, 0.25) is 0 Å². The summed E-state index contributed by atoms with van der Waals surface area (Å²) in [4.78, 5) is 12.5. The highest BCUT2D eigenvalue weighted by molar-refractivity contribution is 6.04. The average molecular weight is 346 g/mol. The van der Waals surface area contributed by atoms with Crippen LogP contribution in [0.15, 0.2) is 54.9 Å². The Kier molecular flexibility index (Phi) is 4.31. The van der Waals surface area contributed by atoms with E-state index >= 15 is 0 Å². The van der Waals surface area contributed by atoms with Crippen molar-refractivity contribution in [1.29, 1.82) is 0 Å². The Morgan fingerprint density at radius 1 is 1.19 bits per heavy atom. The number of anilines is 1. The number of aromatic nitrogens is 2. The summed E-state index contributed by atoms with van der Waals surface area (Å²) in [6.45, 7) is 2.04. The number of nitrogens with zero attached hydrogens (tertiary/aromatic N) is 2. The molecule has 26 heavy (non-hydrogen) atoms. The first-order valence-electron chi connectivity index (χ1n) is 8.89. The first-order chi connectivity index (χ1) is 12.6. The zero-order valence-electron chi connectivity index (χ0n) is 14.8. The van der Waals surface area contributed by atoms with Crippen molar-refractivity contribution in [2.75, 3.05) is 5.32 Å². The van der Waals surface area contributed by atoms with Gasteiger partial charge in [0.1, 0.15) is 0 Å². The summed E-state index contributed by atoms with van der Waals surface area (Å²) in [6, 6.07) is 14.3. The van der Waals surface area contributed by atoms with Crippen molar-refractivity contribution >= 4 is 11.6 Å². The second-order valence-electron chi connectivity index (χ2n) is 6.95. The topological polar surface area (TPSA) is 72.9 Å². The number of benzene rings is 2. The first-order valence-corrected chi connectivity index (χ1v) is 8.89. The van der Waals surface area contributed by atoms with Crippen molar-refractivity contribution in [3.05, 3.63) is 77.1 Å². The molecule has 1 amide bonds. The molecule has 0 aliphatic heterocycles. The molecule has 132 valence electrons. The van der Waals surface area contributed by atoms with Crippen molar-refractivity contribution in [2.24, 2.45) is 5.73 Å². The van der Waals surface area contributed by atoms with Crippen LogP contribution in [0.25, 0.3) is 5.69 Å². The molecule has 1 heterocycles. The number of carbonyl (C=O) groups is 1. The number of rotatable bonds is 3. The molecule has 0 saturated carbocycles. The average Bonchev–Trinajstić information content (AvgIpc) is 3.13. The van der Waals surface area contributed by atoms with Crippen LogP contribution in [0.3, 0.4) is 0 Å². The Balaban J connectivity index is 1.49. The van der Waals surface area contributed by atoms with E-state index in [0.717, 1.165) is 30.6 Å². The number of hydrogen-bond donors (Lipinski definition) is 2. The van der Waals surface area contributed by atoms with Gasteiger partial charge in [0.15, 0.2) is 0 Å². The number of nitrogens with one attached hydrogen (secondary N) is 1. The van der Waals surface area contributed by atoms with E-state index in [4.69, 9.17) is 5.73 Å². The predicted molar refractivity (Wildman–Crippen MR) is 103 cm³/mol. The van der Waals surface area contributed by atoms with Crippen LogP contribution in [-0.4, -0.2) is 21.7 Å². The van der Waals surface area contributed by atoms with Gasteiger partial charge in [0, 0.05) is 17.9 Å². The van der Waals surface area contributed by atoms with E-state index in [2.05, 4.69) is 22.5 Å². The predicted octanol–water partition coefficient (Wildman–Crippen LogP) is 3.25. The van der Waals surface area contributed by atoms with Gasteiger partial charge in [-0.25, -0.2) is 4.68 Å². The fraction of sp³-hybridized carbons (Fsp3) is 0.238. The summed E-state index contributed by atoms with van der Waals surface area (Å²) in [6.07, 6.45) is 6.20. The molecule has 3 aromatic rings. The summed E-state index contributed by atoms with van der Waals surface area (Å²) in [5, 5.41) is 7.27. The molecule has 0 bridgehead atoms. The molecule has 0 saturated heterocycles. The Labute approximate surface area is 152 Å². The van der Waals surface area contributed by atoms with E-state index in [9.17, 15) is 4.79 Å². The standard InChI is InChI=1S/C21H22N4O/c1-14-2-8-20(9-3-14)25-13-17(12-23-25)21(26)24-19-7-5-15-10-18(22)6-4-16(15)11-19/h2-3,5,7-9,11-13,18H,4,6,10,22H2,1H3,(H,24,26). The van der Waals surface area contributed by atoms with E-state index in [1.807, 2.05) is 37.3 Å². The molecule has 1 aromatic heterocycles. The molecular formula is C21H22N4O. The van der Waals surface area contributed by atoms with Crippen molar-refractivity contribution in [2.45, 2.75) is 32.2 Å². The minimum Gasteiger partial charge on any atom is -0.327 e. The number of carbonyl (C=O) groups excluding carboxylic acids is 1. The first kappa shape index (κ1) is 16.5. The normalized spacial score (nSPS) is 16.2. The number of nitrogens with two attached hydrogens (primary N) is 1. The summed E-state index contributed by atoms with van der Waals surface area (Å²) in [7, 11) is 0. The number of amides is 1. The van der Waals surface area contributed by atoms with Crippen molar-refractivity contribution < 1.29 is 4.79 Å². The smallest absolute Gasteiger partial charge is 0.258 e. The summed E-state index contributed by atoms with van der Waals surface area (Å²) in [5.74, 6) is -0.157. The van der Waals surface area contributed by atoms with Crippen molar-refractivity contribution in [3.8, 4) is 5.69 Å². The van der Waals surface area contributed by atoms with Gasteiger partial charge >= 0.3 is 0 Å². The van der Waals surface area contributed by atoms with Crippen LogP contribution in [0.1, 0.15) is 33.5 Å². The van der Waals surface area contributed by atoms with Gasteiger partial charge < -0.3 is 11.1 Å². The minimum absolute atomic E-state index is 0.157. The van der Waals surface area contributed by atoms with Crippen LogP contribution in [0.4, 0.5) is 5.69 Å². The van der Waals surface area contributed by atoms with E-state index < -0.39 is 0 Å². The van der Waals surface area contributed by atoms with Gasteiger partial charge in [-0.3, -0.25) is 4.79 Å². The minimum atomic E-state index is -0.157. The zero-order valence-corrected chi connectivity index (χ0v) is 14.8. The SMILES string of the molecule is Cc1ccc(-n2cc(C(=O)Nc3ccc4c(c3)CCC(N)C4)cn2)cc1. The van der Waals surface area contributed by atoms with Gasteiger partial charge in [-0.1, -0.05) is 23.8 Å². The molecule has 1 aliphatic rings. The number of hydrogen-bond acceptors (Lipinski definition) is 3. The van der Waals surface area contributed by atoms with Gasteiger partial charge in [0.2, 0.25) is 0 Å². The van der Waals surface area contributed by atoms with Gasteiger partial charge in [-0.15, -0.1) is 0 Å². The largest absolute Gasteiger partial charge is 0.327 e. The molecule has 0 fully saturated rings. The molecular weight excluding hydrogens is 324 g/mol. The Morgan fingerprint density at radius 3 is 2.81 bits per heavy atom. The molecule has 2 aromatic carbocycles. The van der Waals surface area contributed by atoms with Gasteiger partial charge in [0.25, 0.3) is 5.91 Å². The third-order valence-corrected chi connectivity index (χ3v) is 4.87. The summed E-state index contributed by atoms with van der Waals surface area (Å²) in [5.41, 5.74) is 12.1. The Morgan fingerprint density at radius 2 is 2.00 bits per heavy atom.